The molecular formula is C16H13Cl2N5OS2. The number of fused-ring (bicyclic) bond motifs is 1. The van der Waals surface area contributed by atoms with Crippen LogP contribution in [0.5, 0.6) is 0 Å². The van der Waals surface area contributed by atoms with Gasteiger partial charge in [0.2, 0.25) is 5.28 Å². The molecule has 0 bridgehead atoms. The molecule has 0 saturated carbocycles. The molecule has 1 aliphatic rings. The van der Waals surface area contributed by atoms with E-state index in [4.69, 9.17) is 23.2 Å². The van der Waals surface area contributed by atoms with Crippen LogP contribution in [0.15, 0.2) is 40.5 Å². The third-order valence-electron chi connectivity index (χ3n) is 3.91. The summed E-state index contributed by atoms with van der Waals surface area (Å²) in [6, 6.07) is 7.50. The molecule has 1 aliphatic heterocycles. The quantitative estimate of drug-likeness (QED) is 0.469. The standard InChI is InChI=1S/C16H13Cl2N5OS2/c17-10-1-3-11(4-2-10)25-15-13-12(19-9-20-15)14(22-16(18)21-13)23-5-7-26(24)8-6-23/h1-4,9H,5-8H2. The van der Waals surface area contributed by atoms with E-state index in [9.17, 15) is 4.21 Å². The second-order valence-electron chi connectivity index (χ2n) is 5.58. The van der Waals surface area contributed by atoms with Crippen molar-refractivity contribution in [3.05, 3.63) is 40.9 Å². The maximum absolute atomic E-state index is 11.6. The van der Waals surface area contributed by atoms with Crippen molar-refractivity contribution in [2.24, 2.45) is 0 Å². The maximum atomic E-state index is 11.6. The first-order valence-corrected chi connectivity index (χ1v) is 10.9. The smallest absolute Gasteiger partial charge is 0.225 e. The lowest BCUT2D eigenvalue weighted by atomic mass is 10.3. The van der Waals surface area contributed by atoms with Crippen LogP contribution in [0.25, 0.3) is 11.0 Å². The Hall–Kier alpha value is -1.48. The third-order valence-corrected chi connectivity index (χ3v) is 6.60. The topological polar surface area (TPSA) is 71.9 Å². The van der Waals surface area contributed by atoms with Crippen molar-refractivity contribution < 1.29 is 4.21 Å². The first kappa shape index (κ1) is 17.9. The van der Waals surface area contributed by atoms with Gasteiger partial charge in [0.15, 0.2) is 5.82 Å². The summed E-state index contributed by atoms with van der Waals surface area (Å²) in [5, 5.41) is 1.52. The lowest BCUT2D eigenvalue weighted by Gasteiger charge is -2.27. The van der Waals surface area contributed by atoms with Gasteiger partial charge < -0.3 is 4.90 Å². The summed E-state index contributed by atoms with van der Waals surface area (Å²) in [5.41, 5.74) is 1.25. The van der Waals surface area contributed by atoms with Crippen molar-refractivity contribution in [1.29, 1.82) is 0 Å². The Labute approximate surface area is 166 Å². The first-order valence-electron chi connectivity index (χ1n) is 7.82. The molecule has 2 aromatic heterocycles. The van der Waals surface area contributed by atoms with E-state index in [1.165, 1.54) is 18.1 Å². The summed E-state index contributed by atoms with van der Waals surface area (Å²) >= 11 is 13.6. The highest BCUT2D eigenvalue weighted by atomic mass is 35.5. The Morgan fingerprint density at radius 2 is 1.73 bits per heavy atom. The molecule has 1 aromatic carbocycles. The minimum Gasteiger partial charge on any atom is -0.353 e. The van der Waals surface area contributed by atoms with E-state index < -0.39 is 10.8 Å². The second-order valence-corrected chi connectivity index (χ2v) is 9.12. The van der Waals surface area contributed by atoms with E-state index in [-0.39, 0.29) is 5.28 Å². The number of hydrogen-bond acceptors (Lipinski definition) is 7. The van der Waals surface area contributed by atoms with E-state index >= 15 is 0 Å². The highest BCUT2D eigenvalue weighted by molar-refractivity contribution is 7.99. The largest absolute Gasteiger partial charge is 0.353 e. The molecule has 134 valence electrons. The van der Waals surface area contributed by atoms with Crippen LogP contribution in [0.3, 0.4) is 0 Å². The minimum atomic E-state index is -0.772. The van der Waals surface area contributed by atoms with Crippen LogP contribution < -0.4 is 4.90 Å². The molecule has 0 N–H and O–H groups in total. The average molecular weight is 426 g/mol. The Morgan fingerprint density at radius 1 is 1.00 bits per heavy atom. The van der Waals surface area contributed by atoms with E-state index in [1.54, 1.807) is 0 Å². The summed E-state index contributed by atoms with van der Waals surface area (Å²) < 4.78 is 11.6. The lowest BCUT2D eigenvalue weighted by Crippen LogP contribution is -2.38. The van der Waals surface area contributed by atoms with Gasteiger partial charge in [-0.3, -0.25) is 4.21 Å². The van der Waals surface area contributed by atoms with Gasteiger partial charge in [-0.25, -0.2) is 15.0 Å². The fourth-order valence-electron chi connectivity index (χ4n) is 2.64. The van der Waals surface area contributed by atoms with Gasteiger partial charge in [0.25, 0.3) is 0 Å². The number of halogens is 2. The molecule has 0 aliphatic carbocycles. The fraction of sp³-hybridized carbons (Fsp3) is 0.250. The molecule has 0 unspecified atom stereocenters. The molecule has 0 radical (unpaired) electrons. The zero-order valence-corrected chi connectivity index (χ0v) is 16.6. The van der Waals surface area contributed by atoms with Gasteiger partial charge >= 0.3 is 0 Å². The van der Waals surface area contributed by atoms with Crippen LogP contribution in [-0.2, 0) is 10.8 Å². The van der Waals surface area contributed by atoms with Crippen LogP contribution >= 0.6 is 35.0 Å². The molecule has 1 fully saturated rings. The van der Waals surface area contributed by atoms with Gasteiger partial charge in [0.05, 0.1) is 0 Å². The van der Waals surface area contributed by atoms with Crippen LogP contribution in [0.4, 0.5) is 5.82 Å². The van der Waals surface area contributed by atoms with Crippen molar-refractivity contribution in [3.63, 3.8) is 0 Å². The molecule has 26 heavy (non-hydrogen) atoms. The number of nitrogens with zero attached hydrogens (tertiary/aromatic N) is 5. The summed E-state index contributed by atoms with van der Waals surface area (Å²) in [4.78, 5) is 20.5. The third kappa shape index (κ3) is 3.78. The number of aromatic nitrogens is 4. The van der Waals surface area contributed by atoms with E-state index in [2.05, 4.69) is 24.8 Å². The molecular weight excluding hydrogens is 413 g/mol. The SMILES string of the molecule is O=S1CCN(c2nc(Cl)nc3c(Sc4ccc(Cl)cc4)ncnc23)CC1. The number of benzene rings is 1. The van der Waals surface area contributed by atoms with E-state index in [0.29, 0.717) is 51.5 Å². The molecule has 0 amide bonds. The predicted octanol–water partition coefficient (Wildman–Crippen LogP) is 3.45. The van der Waals surface area contributed by atoms with Crippen LogP contribution in [0, 0.1) is 0 Å². The van der Waals surface area contributed by atoms with Gasteiger partial charge in [0.1, 0.15) is 22.4 Å². The monoisotopic (exact) mass is 425 g/mol. The second kappa shape index (κ2) is 7.64. The van der Waals surface area contributed by atoms with Gasteiger partial charge in [-0.1, -0.05) is 23.4 Å². The van der Waals surface area contributed by atoms with Crippen LogP contribution in [-0.4, -0.2) is 48.7 Å². The zero-order valence-electron chi connectivity index (χ0n) is 13.4. The average Bonchev–Trinajstić information content (AvgIpc) is 2.64. The van der Waals surface area contributed by atoms with Crippen molar-refractivity contribution in [2.75, 3.05) is 29.5 Å². The first-order chi connectivity index (χ1) is 12.6. The molecule has 6 nitrogen and oxygen atoms in total. The van der Waals surface area contributed by atoms with Crippen LogP contribution in [0.1, 0.15) is 0 Å². The number of anilines is 1. The predicted molar refractivity (Wildman–Crippen MR) is 106 cm³/mol. The Bertz CT molecular complexity index is 976. The molecule has 10 heteroatoms. The normalized spacial score (nSPS) is 15.5. The van der Waals surface area contributed by atoms with Gasteiger partial charge in [-0.15, -0.1) is 0 Å². The molecule has 4 rings (SSSR count). The van der Waals surface area contributed by atoms with Crippen molar-refractivity contribution in [1.82, 2.24) is 19.9 Å². The number of rotatable bonds is 3. The maximum Gasteiger partial charge on any atom is 0.225 e. The summed E-state index contributed by atoms with van der Waals surface area (Å²) in [6.45, 7) is 1.30. The summed E-state index contributed by atoms with van der Waals surface area (Å²) in [6.07, 6.45) is 1.50. The van der Waals surface area contributed by atoms with E-state index in [1.807, 2.05) is 24.3 Å². The Balaban J connectivity index is 1.76. The minimum absolute atomic E-state index is 0.145. The molecule has 1 saturated heterocycles. The lowest BCUT2D eigenvalue weighted by molar-refractivity contribution is 0.672. The van der Waals surface area contributed by atoms with Crippen molar-refractivity contribution >= 4 is 62.6 Å². The zero-order chi connectivity index (χ0) is 18.1. The van der Waals surface area contributed by atoms with Gasteiger partial charge in [0, 0.05) is 45.3 Å². The van der Waals surface area contributed by atoms with Gasteiger partial charge in [-0.2, -0.15) is 4.98 Å². The molecule has 3 heterocycles. The van der Waals surface area contributed by atoms with Crippen LogP contribution in [0.2, 0.25) is 10.3 Å². The number of hydrogen-bond donors (Lipinski definition) is 0. The summed E-state index contributed by atoms with van der Waals surface area (Å²) in [7, 11) is -0.772. The molecule has 0 atom stereocenters. The highest BCUT2D eigenvalue weighted by Gasteiger charge is 2.22. The Morgan fingerprint density at radius 3 is 2.46 bits per heavy atom. The van der Waals surface area contributed by atoms with Crippen molar-refractivity contribution in [2.45, 2.75) is 9.92 Å². The highest BCUT2D eigenvalue weighted by Crippen LogP contribution is 2.34. The van der Waals surface area contributed by atoms with E-state index in [0.717, 1.165) is 4.90 Å². The van der Waals surface area contributed by atoms with Gasteiger partial charge in [-0.05, 0) is 35.9 Å². The molecule has 0 spiro atoms. The summed E-state index contributed by atoms with van der Waals surface area (Å²) in [5.74, 6) is 1.89. The fourth-order valence-corrected chi connectivity index (χ4v) is 4.82. The van der Waals surface area contributed by atoms with Crippen molar-refractivity contribution in [3.8, 4) is 0 Å². The Kier molecular flexibility index (Phi) is 5.26. The molecule has 3 aromatic rings.